The van der Waals surface area contributed by atoms with Crippen LogP contribution in [-0.2, 0) is 0 Å². The minimum absolute atomic E-state index is 0.233. The Morgan fingerprint density at radius 1 is 1.39 bits per heavy atom. The highest BCUT2D eigenvalue weighted by atomic mass is 32.2. The molecule has 0 aliphatic carbocycles. The van der Waals surface area contributed by atoms with E-state index in [1.807, 2.05) is 11.8 Å². The molecule has 0 spiro atoms. The number of thioether (sulfide) groups is 1. The molecule has 100 valence electrons. The molecule has 1 aromatic rings. The molecule has 0 saturated carbocycles. The van der Waals surface area contributed by atoms with Crippen LogP contribution in [0.5, 0.6) is 0 Å². The fourth-order valence-corrected chi connectivity index (χ4v) is 3.41. The molecule has 18 heavy (non-hydrogen) atoms. The van der Waals surface area contributed by atoms with Crippen LogP contribution >= 0.6 is 11.8 Å². The molecule has 0 bridgehead atoms. The second kappa shape index (κ2) is 5.62. The van der Waals surface area contributed by atoms with Gasteiger partial charge in [0.15, 0.2) is 0 Å². The number of nitrogens with zero attached hydrogens (tertiary/aromatic N) is 2. The summed E-state index contributed by atoms with van der Waals surface area (Å²) in [6, 6.07) is 5.04. The first-order valence-electron chi connectivity index (χ1n) is 6.88. The van der Waals surface area contributed by atoms with Gasteiger partial charge in [-0.05, 0) is 37.6 Å². The van der Waals surface area contributed by atoms with E-state index in [0.717, 1.165) is 11.6 Å². The SMILES string of the molecule is CCN1CCC[C@@H]1c1ccc(SC(C)(C)C)nc1. The highest BCUT2D eigenvalue weighted by Gasteiger charge is 2.24. The average molecular weight is 264 g/mol. The smallest absolute Gasteiger partial charge is 0.0965 e. The van der Waals surface area contributed by atoms with Crippen molar-refractivity contribution in [3.63, 3.8) is 0 Å². The van der Waals surface area contributed by atoms with Crippen molar-refractivity contribution in [1.29, 1.82) is 0 Å². The second-order valence-corrected chi connectivity index (χ2v) is 7.78. The van der Waals surface area contributed by atoms with E-state index >= 15 is 0 Å². The van der Waals surface area contributed by atoms with E-state index in [1.165, 1.54) is 24.9 Å². The van der Waals surface area contributed by atoms with Crippen molar-refractivity contribution in [1.82, 2.24) is 9.88 Å². The van der Waals surface area contributed by atoms with Crippen LogP contribution in [0, 0.1) is 0 Å². The Kier molecular flexibility index (Phi) is 4.33. The molecule has 2 heterocycles. The van der Waals surface area contributed by atoms with Crippen LogP contribution in [0.3, 0.4) is 0 Å². The molecule has 1 saturated heterocycles. The van der Waals surface area contributed by atoms with Crippen molar-refractivity contribution in [3.8, 4) is 0 Å². The summed E-state index contributed by atoms with van der Waals surface area (Å²) in [5.41, 5.74) is 1.38. The summed E-state index contributed by atoms with van der Waals surface area (Å²) in [6.45, 7) is 11.3. The Morgan fingerprint density at radius 3 is 2.72 bits per heavy atom. The Balaban J connectivity index is 2.08. The van der Waals surface area contributed by atoms with E-state index in [4.69, 9.17) is 0 Å². The summed E-state index contributed by atoms with van der Waals surface area (Å²) in [6.07, 6.45) is 4.67. The minimum Gasteiger partial charge on any atom is -0.297 e. The van der Waals surface area contributed by atoms with Crippen LogP contribution in [-0.4, -0.2) is 27.7 Å². The Morgan fingerprint density at radius 2 is 2.17 bits per heavy atom. The molecule has 0 N–H and O–H groups in total. The van der Waals surface area contributed by atoms with E-state index in [9.17, 15) is 0 Å². The maximum absolute atomic E-state index is 4.61. The van der Waals surface area contributed by atoms with Gasteiger partial charge in [0.05, 0.1) is 5.03 Å². The van der Waals surface area contributed by atoms with Crippen molar-refractivity contribution >= 4 is 11.8 Å². The van der Waals surface area contributed by atoms with E-state index < -0.39 is 0 Å². The summed E-state index contributed by atoms with van der Waals surface area (Å²) in [4.78, 5) is 7.16. The third-order valence-electron chi connectivity index (χ3n) is 3.32. The maximum atomic E-state index is 4.61. The molecule has 0 unspecified atom stereocenters. The van der Waals surface area contributed by atoms with Crippen molar-refractivity contribution in [3.05, 3.63) is 23.9 Å². The van der Waals surface area contributed by atoms with E-state index in [1.54, 1.807) is 0 Å². The normalized spacial score (nSPS) is 21.4. The summed E-state index contributed by atoms with van der Waals surface area (Å²) in [5, 5.41) is 1.13. The molecule has 0 radical (unpaired) electrons. The van der Waals surface area contributed by atoms with Crippen molar-refractivity contribution in [2.45, 2.75) is 56.4 Å². The molecule has 1 fully saturated rings. The summed E-state index contributed by atoms with van der Waals surface area (Å²) in [7, 11) is 0. The lowest BCUT2D eigenvalue weighted by atomic mass is 10.1. The highest BCUT2D eigenvalue weighted by Crippen LogP contribution is 2.34. The highest BCUT2D eigenvalue weighted by molar-refractivity contribution is 8.00. The van der Waals surface area contributed by atoms with Gasteiger partial charge in [-0.25, -0.2) is 4.98 Å². The van der Waals surface area contributed by atoms with Crippen LogP contribution < -0.4 is 0 Å². The predicted octanol–water partition coefficient (Wildman–Crippen LogP) is 4.13. The number of rotatable bonds is 3. The van der Waals surface area contributed by atoms with Gasteiger partial charge in [-0.3, -0.25) is 4.90 Å². The van der Waals surface area contributed by atoms with Gasteiger partial charge in [0.2, 0.25) is 0 Å². The summed E-state index contributed by atoms with van der Waals surface area (Å²) >= 11 is 1.83. The topological polar surface area (TPSA) is 16.1 Å². The average Bonchev–Trinajstić information content (AvgIpc) is 2.76. The first kappa shape index (κ1) is 13.9. The van der Waals surface area contributed by atoms with Crippen LogP contribution in [0.4, 0.5) is 0 Å². The van der Waals surface area contributed by atoms with Crippen LogP contribution in [0.2, 0.25) is 0 Å². The standard InChI is InChI=1S/C15H24N2S/c1-5-17-10-6-7-13(17)12-8-9-14(16-11-12)18-15(2,3)4/h8-9,11,13H,5-7,10H2,1-4H3/t13-/m1/s1. The number of pyridine rings is 1. The van der Waals surface area contributed by atoms with Crippen LogP contribution in [0.1, 0.15) is 52.1 Å². The Hall–Kier alpha value is -0.540. The first-order valence-corrected chi connectivity index (χ1v) is 7.70. The predicted molar refractivity (Wildman–Crippen MR) is 79.1 cm³/mol. The fourth-order valence-electron chi connectivity index (χ4n) is 2.55. The zero-order chi connectivity index (χ0) is 13.2. The second-order valence-electron chi connectivity index (χ2n) is 5.93. The molecule has 1 aliphatic rings. The Labute approximate surface area is 115 Å². The molecular weight excluding hydrogens is 240 g/mol. The zero-order valence-electron chi connectivity index (χ0n) is 11.9. The van der Waals surface area contributed by atoms with Gasteiger partial charge in [-0.15, -0.1) is 11.8 Å². The summed E-state index contributed by atoms with van der Waals surface area (Å²) < 4.78 is 0.233. The largest absolute Gasteiger partial charge is 0.297 e. The van der Waals surface area contributed by atoms with Gasteiger partial charge in [-0.1, -0.05) is 33.8 Å². The van der Waals surface area contributed by atoms with E-state index in [-0.39, 0.29) is 4.75 Å². The molecule has 0 aromatic carbocycles. The molecule has 1 aromatic heterocycles. The molecule has 1 aliphatic heterocycles. The molecule has 1 atom stereocenters. The number of hydrogen-bond donors (Lipinski definition) is 0. The van der Waals surface area contributed by atoms with Gasteiger partial charge in [0, 0.05) is 17.0 Å². The molecule has 2 nitrogen and oxygen atoms in total. The van der Waals surface area contributed by atoms with Crippen molar-refractivity contribution < 1.29 is 0 Å². The Bertz CT molecular complexity index is 380. The fraction of sp³-hybridized carbons (Fsp3) is 0.667. The lowest BCUT2D eigenvalue weighted by molar-refractivity contribution is 0.271. The van der Waals surface area contributed by atoms with Crippen molar-refractivity contribution in [2.75, 3.05) is 13.1 Å². The zero-order valence-corrected chi connectivity index (χ0v) is 12.8. The first-order chi connectivity index (χ1) is 8.49. The lowest BCUT2D eigenvalue weighted by Gasteiger charge is -2.23. The van der Waals surface area contributed by atoms with Gasteiger partial charge in [-0.2, -0.15) is 0 Å². The molecule has 3 heteroatoms. The minimum atomic E-state index is 0.233. The van der Waals surface area contributed by atoms with E-state index in [0.29, 0.717) is 6.04 Å². The lowest BCUT2D eigenvalue weighted by Crippen LogP contribution is -2.22. The number of hydrogen-bond acceptors (Lipinski definition) is 3. The van der Waals surface area contributed by atoms with Crippen molar-refractivity contribution in [2.24, 2.45) is 0 Å². The number of likely N-dealkylation sites (tertiary alicyclic amines) is 1. The van der Waals surface area contributed by atoms with Gasteiger partial charge >= 0.3 is 0 Å². The van der Waals surface area contributed by atoms with Crippen LogP contribution in [0.15, 0.2) is 23.4 Å². The number of aromatic nitrogens is 1. The van der Waals surface area contributed by atoms with Gasteiger partial charge in [0.25, 0.3) is 0 Å². The third kappa shape index (κ3) is 3.48. The van der Waals surface area contributed by atoms with E-state index in [2.05, 4.69) is 55.9 Å². The molecule has 0 amide bonds. The van der Waals surface area contributed by atoms with Gasteiger partial charge in [0.1, 0.15) is 0 Å². The van der Waals surface area contributed by atoms with Gasteiger partial charge < -0.3 is 0 Å². The maximum Gasteiger partial charge on any atom is 0.0965 e. The third-order valence-corrected chi connectivity index (χ3v) is 4.39. The summed E-state index contributed by atoms with van der Waals surface area (Å²) in [5.74, 6) is 0. The monoisotopic (exact) mass is 264 g/mol. The molecule has 2 rings (SSSR count). The molecular formula is C15H24N2S. The van der Waals surface area contributed by atoms with Crippen LogP contribution in [0.25, 0.3) is 0 Å². The quantitative estimate of drug-likeness (QED) is 0.764.